The molecule has 3 nitrogen and oxygen atoms in total. The molecule has 0 radical (unpaired) electrons. The monoisotopic (exact) mass is 225 g/mol. The number of nitrogens with two attached hydrogens (primary N) is 1. The number of hydrogen-bond acceptors (Lipinski definition) is 3. The van der Waals surface area contributed by atoms with Crippen LogP contribution in [0.3, 0.4) is 0 Å². The summed E-state index contributed by atoms with van der Waals surface area (Å²) in [5.41, 5.74) is 5.86. The van der Waals surface area contributed by atoms with E-state index in [4.69, 9.17) is 10.5 Å². The fourth-order valence-corrected chi connectivity index (χ4v) is 3.77. The molecular formula is C13H23NO2. The number of carbonyl (C=O) groups is 1. The second-order valence-electron chi connectivity index (χ2n) is 6.52. The van der Waals surface area contributed by atoms with E-state index in [9.17, 15) is 4.79 Å². The van der Waals surface area contributed by atoms with Gasteiger partial charge < -0.3 is 10.5 Å². The topological polar surface area (TPSA) is 52.3 Å². The van der Waals surface area contributed by atoms with E-state index in [2.05, 4.69) is 20.8 Å². The highest BCUT2D eigenvalue weighted by Gasteiger charge is 2.61. The largest absolute Gasteiger partial charge is 0.460 e. The number of esters is 1. The van der Waals surface area contributed by atoms with E-state index >= 15 is 0 Å². The standard InChI is InChI=1S/C13H23NO2/c1-8(14)10(15)16-11-12(2,3)9-5-6-13(11,4)7-9/h8-9,11H,5-7,14H2,1-4H3. The van der Waals surface area contributed by atoms with E-state index < -0.39 is 6.04 Å². The van der Waals surface area contributed by atoms with Crippen molar-refractivity contribution in [1.29, 1.82) is 0 Å². The zero-order valence-electron chi connectivity index (χ0n) is 10.7. The lowest BCUT2D eigenvalue weighted by atomic mass is 9.70. The van der Waals surface area contributed by atoms with Crippen LogP contribution in [0.15, 0.2) is 0 Å². The SMILES string of the molecule is CC(N)C(=O)OC1C2(C)CCC(C2)C1(C)C. The predicted molar refractivity (Wildman–Crippen MR) is 62.8 cm³/mol. The first-order chi connectivity index (χ1) is 7.27. The molecule has 2 fully saturated rings. The van der Waals surface area contributed by atoms with Gasteiger partial charge in [-0.15, -0.1) is 0 Å². The van der Waals surface area contributed by atoms with Gasteiger partial charge >= 0.3 is 5.97 Å². The van der Waals surface area contributed by atoms with Crippen LogP contribution in [-0.2, 0) is 9.53 Å². The van der Waals surface area contributed by atoms with Crippen molar-refractivity contribution in [2.45, 2.75) is 59.1 Å². The predicted octanol–water partition coefficient (Wildman–Crippen LogP) is 2.09. The van der Waals surface area contributed by atoms with Gasteiger partial charge in [-0.05, 0) is 32.1 Å². The van der Waals surface area contributed by atoms with Crippen molar-refractivity contribution in [3.63, 3.8) is 0 Å². The van der Waals surface area contributed by atoms with Gasteiger partial charge in [0.25, 0.3) is 0 Å². The van der Waals surface area contributed by atoms with Crippen LogP contribution in [0, 0.1) is 16.7 Å². The summed E-state index contributed by atoms with van der Waals surface area (Å²) in [4.78, 5) is 11.7. The number of carbonyl (C=O) groups excluding carboxylic acids is 1. The molecule has 0 aromatic heterocycles. The Morgan fingerprint density at radius 1 is 1.44 bits per heavy atom. The van der Waals surface area contributed by atoms with Gasteiger partial charge in [-0.2, -0.15) is 0 Å². The van der Waals surface area contributed by atoms with Gasteiger partial charge in [0.05, 0.1) is 0 Å². The van der Waals surface area contributed by atoms with Crippen LogP contribution in [0.1, 0.15) is 47.0 Å². The molecular weight excluding hydrogens is 202 g/mol. The third-order valence-corrected chi connectivity index (χ3v) is 4.74. The van der Waals surface area contributed by atoms with Crippen LogP contribution in [0.5, 0.6) is 0 Å². The molecule has 0 aromatic carbocycles. The quantitative estimate of drug-likeness (QED) is 0.732. The summed E-state index contributed by atoms with van der Waals surface area (Å²) < 4.78 is 5.66. The molecule has 0 aliphatic heterocycles. The fourth-order valence-electron chi connectivity index (χ4n) is 3.77. The Labute approximate surface area is 97.7 Å². The molecule has 4 unspecified atom stereocenters. The molecule has 2 N–H and O–H groups in total. The van der Waals surface area contributed by atoms with E-state index in [0.29, 0.717) is 5.92 Å². The van der Waals surface area contributed by atoms with Crippen molar-refractivity contribution in [2.24, 2.45) is 22.5 Å². The maximum atomic E-state index is 11.7. The minimum atomic E-state index is -0.515. The first kappa shape index (κ1) is 11.9. The second-order valence-corrected chi connectivity index (χ2v) is 6.52. The Balaban J connectivity index is 2.17. The highest BCUT2D eigenvalue weighted by molar-refractivity contribution is 5.75. The Morgan fingerprint density at radius 3 is 2.50 bits per heavy atom. The molecule has 16 heavy (non-hydrogen) atoms. The fraction of sp³-hybridized carbons (Fsp3) is 0.923. The first-order valence-corrected chi connectivity index (χ1v) is 6.23. The second kappa shape index (κ2) is 3.46. The van der Waals surface area contributed by atoms with Gasteiger partial charge in [0.15, 0.2) is 0 Å². The lowest BCUT2D eigenvalue weighted by Crippen LogP contribution is -2.46. The highest BCUT2D eigenvalue weighted by Crippen LogP contribution is 2.63. The van der Waals surface area contributed by atoms with Crippen molar-refractivity contribution >= 4 is 5.97 Å². The molecule has 0 aromatic rings. The van der Waals surface area contributed by atoms with Crippen molar-refractivity contribution < 1.29 is 9.53 Å². The molecule has 0 spiro atoms. The van der Waals surface area contributed by atoms with Crippen molar-refractivity contribution in [3.8, 4) is 0 Å². The van der Waals surface area contributed by atoms with Gasteiger partial charge in [0.2, 0.25) is 0 Å². The summed E-state index contributed by atoms with van der Waals surface area (Å²) in [6, 6.07) is -0.515. The molecule has 2 aliphatic carbocycles. The summed E-state index contributed by atoms with van der Waals surface area (Å²) in [6.45, 7) is 8.38. The normalized spacial score (nSPS) is 42.1. The van der Waals surface area contributed by atoms with Crippen LogP contribution in [0.25, 0.3) is 0 Å². The molecule has 2 rings (SSSR count). The Morgan fingerprint density at radius 2 is 2.06 bits per heavy atom. The lowest BCUT2D eigenvalue weighted by molar-refractivity contribution is -0.165. The molecule has 2 saturated carbocycles. The van der Waals surface area contributed by atoms with E-state index in [0.717, 1.165) is 0 Å². The third-order valence-electron chi connectivity index (χ3n) is 4.74. The molecule has 92 valence electrons. The highest BCUT2D eigenvalue weighted by atomic mass is 16.5. The lowest BCUT2D eigenvalue weighted by Gasteiger charge is -2.41. The first-order valence-electron chi connectivity index (χ1n) is 6.23. The van der Waals surface area contributed by atoms with E-state index in [-0.39, 0.29) is 22.9 Å². The summed E-state index contributed by atoms with van der Waals surface area (Å²) >= 11 is 0. The average molecular weight is 225 g/mol. The number of ether oxygens (including phenoxy) is 1. The Kier molecular flexibility index (Phi) is 2.57. The van der Waals surface area contributed by atoms with Gasteiger partial charge in [0.1, 0.15) is 12.1 Å². The minimum Gasteiger partial charge on any atom is -0.460 e. The zero-order valence-corrected chi connectivity index (χ0v) is 10.7. The Bertz CT molecular complexity index is 306. The number of fused-ring (bicyclic) bond motifs is 2. The molecule has 2 bridgehead atoms. The minimum absolute atomic E-state index is 0.0391. The zero-order chi connectivity index (χ0) is 12.1. The van der Waals surface area contributed by atoms with E-state index in [1.54, 1.807) is 6.92 Å². The van der Waals surface area contributed by atoms with Gasteiger partial charge in [-0.25, -0.2) is 0 Å². The van der Waals surface area contributed by atoms with Crippen molar-refractivity contribution in [2.75, 3.05) is 0 Å². The van der Waals surface area contributed by atoms with Gasteiger partial charge in [-0.3, -0.25) is 4.79 Å². The number of hydrogen-bond donors (Lipinski definition) is 1. The van der Waals surface area contributed by atoms with Gasteiger partial charge in [-0.1, -0.05) is 20.8 Å². The van der Waals surface area contributed by atoms with Crippen molar-refractivity contribution in [1.82, 2.24) is 0 Å². The van der Waals surface area contributed by atoms with Crippen molar-refractivity contribution in [3.05, 3.63) is 0 Å². The summed E-state index contributed by atoms with van der Waals surface area (Å²) in [6.07, 6.45) is 3.68. The molecule has 0 heterocycles. The van der Waals surface area contributed by atoms with E-state index in [1.165, 1.54) is 19.3 Å². The molecule has 0 saturated heterocycles. The van der Waals surface area contributed by atoms with Gasteiger partial charge in [0, 0.05) is 10.8 Å². The maximum Gasteiger partial charge on any atom is 0.322 e. The smallest absolute Gasteiger partial charge is 0.322 e. The van der Waals surface area contributed by atoms with Crippen LogP contribution >= 0.6 is 0 Å². The van der Waals surface area contributed by atoms with Crippen LogP contribution in [0.4, 0.5) is 0 Å². The molecule has 0 amide bonds. The summed E-state index contributed by atoms with van der Waals surface area (Å²) in [7, 11) is 0. The molecule has 2 aliphatic rings. The molecule has 4 atom stereocenters. The summed E-state index contributed by atoms with van der Waals surface area (Å²) in [5, 5.41) is 0. The van der Waals surface area contributed by atoms with Crippen LogP contribution < -0.4 is 5.73 Å². The third kappa shape index (κ3) is 1.56. The number of rotatable bonds is 2. The molecule has 3 heteroatoms. The van der Waals surface area contributed by atoms with Crippen LogP contribution in [-0.4, -0.2) is 18.1 Å². The Hall–Kier alpha value is -0.570. The maximum absolute atomic E-state index is 11.7. The average Bonchev–Trinajstić information content (AvgIpc) is 2.63. The summed E-state index contributed by atoms with van der Waals surface area (Å²) in [5.74, 6) is 0.440. The van der Waals surface area contributed by atoms with Crippen LogP contribution in [0.2, 0.25) is 0 Å². The van der Waals surface area contributed by atoms with E-state index in [1.807, 2.05) is 0 Å².